The third-order valence-electron chi connectivity index (χ3n) is 17.2. The topological polar surface area (TPSA) is 3.24 Å². The molecule has 292 valence electrons. The Labute approximate surface area is 343 Å². The van der Waals surface area contributed by atoms with Gasteiger partial charge in [-0.1, -0.05) is 116 Å². The highest BCUT2D eigenvalue weighted by molar-refractivity contribution is 5.86. The molecule has 4 saturated carbocycles. The zero-order chi connectivity index (χ0) is 39.3. The first-order valence-corrected chi connectivity index (χ1v) is 22.6. The van der Waals surface area contributed by atoms with Crippen LogP contribution in [-0.2, 0) is 27.1 Å². The average molecular weight is 750 g/mol. The van der Waals surface area contributed by atoms with Gasteiger partial charge in [0.1, 0.15) is 0 Å². The lowest BCUT2D eigenvalue weighted by Gasteiger charge is -2.61. The molecule has 12 rings (SSSR count). The lowest BCUT2D eigenvalue weighted by atomic mass is 9.43. The zero-order valence-corrected chi connectivity index (χ0v) is 35.9. The van der Waals surface area contributed by atoms with E-state index in [-0.39, 0.29) is 27.1 Å². The molecular weight excluding hydrogens is 687 g/mol. The highest BCUT2D eigenvalue weighted by Gasteiger charge is 2.61. The van der Waals surface area contributed by atoms with Crippen LogP contribution in [0.2, 0.25) is 0 Å². The zero-order valence-electron chi connectivity index (χ0n) is 35.9. The molecule has 0 amide bonds. The summed E-state index contributed by atoms with van der Waals surface area (Å²) < 4.78 is 0. The van der Waals surface area contributed by atoms with E-state index in [1.54, 1.807) is 11.1 Å². The second-order valence-corrected chi connectivity index (χ2v) is 22.4. The van der Waals surface area contributed by atoms with Crippen molar-refractivity contribution in [3.63, 3.8) is 0 Å². The Morgan fingerprint density at radius 1 is 0.386 bits per heavy atom. The Bertz CT molecular complexity index is 2330. The van der Waals surface area contributed by atoms with Crippen LogP contribution in [0, 0.1) is 23.7 Å². The number of fused-ring (bicyclic) bond motifs is 5. The normalized spacial score (nSPS) is 28.7. The van der Waals surface area contributed by atoms with Gasteiger partial charge in [-0.15, -0.1) is 0 Å². The maximum absolute atomic E-state index is 2.64. The summed E-state index contributed by atoms with van der Waals surface area (Å²) in [5.74, 6) is 3.46. The summed E-state index contributed by atoms with van der Waals surface area (Å²) in [5, 5.41) is 0. The average Bonchev–Trinajstić information content (AvgIpc) is 3.48. The van der Waals surface area contributed by atoms with Crippen molar-refractivity contribution >= 4 is 17.1 Å². The minimum Gasteiger partial charge on any atom is -0.310 e. The third kappa shape index (κ3) is 5.18. The molecule has 1 nitrogen and oxygen atoms in total. The molecule has 0 radical (unpaired) electrons. The second-order valence-electron chi connectivity index (χ2n) is 22.4. The summed E-state index contributed by atoms with van der Waals surface area (Å²) in [5.41, 5.74) is 19.6. The predicted molar refractivity (Wildman–Crippen MR) is 240 cm³/mol. The van der Waals surface area contributed by atoms with E-state index in [1.807, 2.05) is 0 Å². The number of anilines is 3. The minimum absolute atomic E-state index is 0.139. The molecule has 0 heterocycles. The third-order valence-corrected chi connectivity index (χ3v) is 17.2. The molecule has 5 aromatic carbocycles. The molecule has 0 saturated heterocycles. The van der Waals surface area contributed by atoms with Crippen molar-refractivity contribution in [3.05, 3.63) is 137 Å². The lowest BCUT2D eigenvalue weighted by molar-refractivity contribution is -0.0399. The Kier molecular flexibility index (Phi) is 7.58. The van der Waals surface area contributed by atoms with E-state index in [0.29, 0.717) is 0 Å². The van der Waals surface area contributed by atoms with Crippen LogP contribution >= 0.6 is 0 Å². The van der Waals surface area contributed by atoms with Crippen molar-refractivity contribution in [1.82, 2.24) is 0 Å². The van der Waals surface area contributed by atoms with Gasteiger partial charge in [0.25, 0.3) is 0 Å². The number of hydrogen-bond donors (Lipinski definition) is 0. The predicted octanol–water partition coefficient (Wildman–Crippen LogP) is 15.2. The SMILES string of the molecule is CC1(C)CCC(C)(C)c2cc(N(c3ccc(-c4ccc5c(c4)C4(c6ccccc6-5)C5CC6CC(C5)CC4C6)cc3)c3ccc4c(c3)C(C)(C)CCC4(C)C)ccc21. The molecule has 57 heavy (non-hydrogen) atoms. The van der Waals surface area contributed by atoms with Crippen LogP contribution in [-0.4, -0.2) is 0 Å². The molecule has 1 spiro atoms. The molecular formula is C56H63N. The van der Waals surface area contributed by atoms with Crippen molar-refractivity contribution in [2.45, 2.75) is 140 Å². The highest BCUT2D eigenvalue weighted by Crippen LogP contribution is 2.69. The van der Waals surface area contributed by atoms with Gasteiger partial charge >= 0.3 is 0 Å². The first-order valence-electron chi connectivity index (χ1n) is 22.6. The minimum atomic E-state index is 0.139. The largest absolute Gasteiger partial charge is 0.310 e. The smallest absolute Gasteiger partial charge is 0.0464 e. The number of hydrogen-bond acceptors (Lipinski definition) is 1. The van der Waals surface area contributed by atoms with E-state index in [2.05, 4.69) is 163 Å². The van der Waals surface area contributed by atoms with Crippen LogP contribution in [0.1, 0.15) is 147 Å². The molecule has 4 fully saturated rings. The highest BCUT2D eigenvalue weighted by atomic mass is 15.1. The standard InChI is InChI=1S/C56H63N/c1-52(2)23-25-54(5,6)50-33-42(18-21-47(50)52)57(43-19-22-48-51(34-43)55(7,8)26-24-53(48,3)4)41-16-13-37(14-17-41)38-15-20-45-44-11-9-10-12-46(44)56(49(45)32-38)39-28-35-27-36(30-39)31-40(56)29-35/h9-22,32-36,39-40H,23-31H2,1-8H3. The molecule has 0 aromatic heterocycles. The summed E-state index contributed by atoms with van der Waals surface area (Å²) in [6.45, 7) is 19.6. The van der Waals surface area contributed by atoms with Gasteiger partial charge in [0, 0.05) is 22.5 Å². The van der Waals surface area contributed by atoms with Gasteiger partial charge < -0.3 is 4.90 Å². The van der Waals surface area contributed by atoms with Crippen LogP contribution in [0.3, 0.4) is 0 Å². The summed E-state index contributed by atoms with van der Waals surface area (Å²) in [6, 6.07) is 41.5. The van der Waals surface area contributed by atoms with Crippen LogP contribution in [0.25, 0.3) is 22.3 Å². The Hall–Kier alpha value is -4.10. The van der Waals surface area contributed by atoms with E-state index in [1.165, 1.54) is 119 Å². The first-order chi connectivity index (χ1) is 27.2. The molecule has 4 bridgehead atoms. The molecule has 0 N–H and O–H groups in total. The van der Waals surface area contributed by atoms with Crippen LogP contribution in [0.5, 0.6) is 0 Å². The Morgan fingerprint density at radius 2 is 0.842 bits per heavy atom. The van der Waals surface area contributed by atoms with Crippen LogP contribution in [0.15, 0.2) is 103 Å². The summed E-state index contributed by atoms with van der Waals surface area (Å²) in [7, 11) is 0. The number of nitrogens with zero attached hydrogens (tertiary/aromatic N) is 1. The van der Waals surface area contributed by atoms with E-state index in [9.17, 15) is 0 Å². The fourth-order valence-corrected chi connectivity index (χ4v) is 14.0. The quantitative estimate of drug-likeness (QED) is 0.177. The van der Waals surface area contributed by atoms with E-state index < -0.39 is 0 Å². The maximum Gasteiger partial charge on any atom is 0.0464 e. The van der Waals surface area contributed by atoms with Crippen molar-refractivity contribution in [3.8, 4) is 22.3 Å². The van der Waals surface area contributed by atoms with E-state index >= 15 is 0 Å². The van der Waals surface area contributed by atoms with E-state index in [4.69, 9.17) is 0 Å². The fraction of sp³-hybridized carbons (Fsp3) is 0.464. The molecule has 0 atom stereocenters. The number of rotatable bonds is 4. The van der Waals surface area contributed by atoms with E-state index in [0.717, 1.165) is 23.7 Å². The molecule has 1 heteroatoms. The molecule has 0 aliphatic heterocycles. The molecule has 7 aliphatic rings. The molecule has 0 unspecified atom stereocenters. The van der Waals surface area contributed by atoms with Gasteiger partial charge in [-0.3, -0.25) is 0 Å². The van der Waals surface area contributed by atoms with Crippen molar-refractivity contribution in [2.24, 2.45) is 23.7 Å². The fourth-order valence-electron chi connectivity index (χ4n) is 14.0. The number of benzene rings is 5. The van der Waals surface area contributed by atoms with Gasteiger partial charge in [0.05, 0.1) is 0 Å². The van der Waals surface area contributed by atoms with Crippen molar-refractivity contribution in [1.29, 1.82) is 0 Å². The van der Waals surface area contributed by atoms with Gasteiger partial charge in [0.15, 0.2) is 0 Å². The second kappa shape index (κ2) is 12.0. The Balaban J connectivity index is 1.03. The first kappa shape index (κ1) is 36.0. The monoisotopic (exact) mass is 749 g/mol. The van der Waals surface area contributed by atoms with Crippen molar-refractivity contribution in [2.75, 3.05) is 4.90 Å². The van der Waals surface area contributed by atoms with Crippen LogP contribution < -0.4 is 4.90 Å². The molecule has 7 aliphatic carbocycles. The lowest BCUT2D eigenvalue weighted by Crippen LogP contribution is -2.55. The molecule has 5 aromatic rings. The van der Waals surface area contributed by atoms with Gasteiger partial charge in [-0.2, -0.15) is 0 Å². The summed E-state index contributed by atoms with van der Waals surface area (Å²) >= 11 is 0. The maximum atomic E-state index is 2.64. The van der Waals surface area contributed by atoms with Crippen LogP contribution in [0.4, 0.5) is 17.1 Å². The Morgan fingerprint density at radius 3 is 1.39 bits per heavy atom. The van der Waals surface area contributed by atoms with Crippen molar-refractivity contribution < 1.29 is 0 Å². The van der Waals surface area contributed by atoms with Gasteiger partial charge in [-0.05, 0) is 201 Å². The van der Waals surface area contributed by atoms with Gasteiger partial charge in [0.2, 0.25) is 0 Å². The van der Waals surface area contributed by atoms with Gasteiger partial charge in [-0.25, -0.2) is 0 Å². The summed E-state index contributed by atoms with van der Waals surface area (Å²) in [4.78, 5) is 2.56. The summed E-state index contributed by atoms with van der Waals surface area (Å²) in [6.07, 6.45) is 12.1.